The molecule has 9 rings (SSSR count). The monoisotopic (exact) mass is 752 g/mol. The molecule has 0 spiro atoms. The predicted octanol–water partition coefficient (Wildman–Crippen LogP) is 5.78. The summed E-state index contributed by atoms with van der Waals surface area (Å²) >= 11 is 0. The zero-order valence-electron chi connectivity index (χ0n) is 31.9. The Hall–Kier alpha value is -5.35. The van der Waals surface area contributed by atoms with Gasteiger partial charge in [-0.1, -0.05) is 48.5 Å². The summed E-state index contributed by atoms with van der Waals surface area (Å²) in [6.07, 6.45) is 5.78. The summed E-state index contributed by atoms with van der Waals surface area (Å²) in [4.78, 5) is 4.59. The number of aromatic hydroxyl groups is 2. The van der Waals surface area contributed by atoms with Crippen LogP contribution in [-0.2, 0) is 43.3 Å². The lowest BCUT2D eigenvalue weighted by Gasteiger charge is -2.41. The van der Waals surface area contributed by atoms with Gasteiger partial charge in [-0.15, -0.1) is 0 Å². The van der Waals surface area contributed by atoms with Gasteiger partial charge in [0.25, 0.3) is 0 Å². The Balaban J connectivity index is 1.17. The van der Waals surface area contributed by atoms with Crippen molar-refractivity contribution in [2.24, 2.45) is 4.99 Å². The van der Waals surface area contributed by atoms with Gasteiger partial charge in [-0.25, -0.2) is 0 Å². The number of phenolic OH excluding ortho intramolecular Hbond substituents is 2. The molecule has 9 nitrogen and oxygen atoms in total. The predicted molar refractivity (Wildman–Crippen MR) is 214 cm³/mol. The molecule has 4 N–H and O–H groups in total. The largest absolute Gasteiger partial charge is 0.508 e. The van der Waals surface area contributed by atoms with E-state index in [1.165, 1.54) is 16.3 Å². The van der Waals surface area contributed by atoms with Gasteiger partial charge in [-0.2, -0.15) is 0 Å². The molecule has 288 valence electrons. The number of aryl methyl sites for hydroxylation is 2. The summed E-state index contributed by atoms with van der Waals surface area (Å²) in [5.74, 6) is 2.41. The lowest BCUT2D eigenvalue weighted by molar-refractivity contribution is -0.0436. The zero-order valence-corrected chi connectivity index (χ0v) is 31.9. The number of ether oxygens (including phenoxy) is 4. The minimum atomic E-state index is -0.504. The number of benzene rings is 5. The number of rotatable bonds is 11. The molecule has 0 amide bonds. The first-order valence-corrected chi connectivity index (χ1v) is 19.7. The van der Waals surface area contributed by atoms with Gasteiger partial charge < -0.3 is 34.3 Å². The third-order valence-corrected chi connectivity index (χ3v) is 11.9. The van der Waals surface area contributed by atoms with Crippen molar-refractivity contribution in [2.45, 2.75) is 69.2 Å². The molecule has 1 aliphatic carbocycles. The van der Waals surface area contributed by atoms with Crippen molar-refractivity contribution in [3.8, 4) is 39.9 Å². The van der Waals surface area contributed by atoms with Crippen LogP contribution in [0.3, 0.4) is 0 Å². The van der Waals surface area contributed by atoms with Crippen LogP contribution in [0.5, 0.6) is 28.7 Å². The quantitative estimate of drug-likeness (QED) is 0.126. The maximum absolute atomic E-state index is 11.3. The molecule has 0 fully saturated rings. The molecule has 0 saturated carbocycles. The molecule has 56 heavy (non-hydrogen) atoms. The number of fused-ring (bicyclic) bond motifs is 9. The van der Waals surface area contributed by atoms with Crippen molar-refractivity contribution in [2.75, 3.05) is 34.0 Å². The van der Waals surface area contributed by atoms with Crippen molar-refractivity contribution in [3.05, 3.63) is 134 Å². The van der Waals surface area contributed by atoms with E-state index in [2.05, 4.69) is 46.7 Å². The highest BCUT2D eigenvalue weighted by atomic mass is 16.6. The number of aliphatic hydroxyl groups is 1. The number of aliphatic hydroxyl groups excluding tert-OH is 1. The molecular formula is C47H48N2O7. The standard InChI is InChI=1S/C47H48N2O7/c1-48-26-54-42-24-39-38-21-31(19-28-9-15-40-29(18-28)16-17-49-40)37-23-33(51)11-13-35(37)43(38)47-36(14-12-34(25-50)55-47)46(39)56-45(42)32-20-30(44(52)41(22-32)53-2)10-8-27-6-4-3-5-7-27/h3-7,9,11,13,15-16,18,20,22-23,31,34,42,45,48,50-52H,8,10,12,14,17,19,21,24-26H2,1-2H3/t31-,34+,42-,45-/m1/s1. The molecule has 0 aromatic heterocycles. The number of nitrogens with zero attached hydrogens (tertiary/aromatic N) is 1. The van der Waals surface area contributed by atoms with Crippen LogP contribution in [0.1, 0.15) is 63.0 Å². The van der Waals surface area contributed by atoms with Gasteiger partial charge in [0.05, 0.1) is 32.3 Å². The van der Waals surface area contributed by atoms with Crippen molar-refractivity contribution >= 4 is 6.08 Å². The minimum Gasteiger partial charge on any atom is -0.508 e. The van der Waals surface area contributed by atoms with E-state index in [1.807, 2.05) is 49.5 Å². The van der Waals surface area contributed by atoms with Crippen molar-refractivity contribution in [1.82, 2.24) is 5.32 Å². The average molecular weight is 753 g/mol. The van der Waals surface area contributed by atoms with E-state index in [0.29, 0.717) is 51.1 Å². The summed E-state index contributed by atoms with van der Waals surface area (Å²) in [7, 11) is 3.45. The first-order valence-electron chi connectivity index (χ1n) is 19.7. The fourth-order valence-corrected chi connectivity index (χ4v) is 9.22. The zero-order chi connectivity index (χ0) is 38.3. The summed E-state index contributed by atoms with van der Waals surface area (Å²) in [5, 5.41) is 37.8. The Morgan fingerprint density at radius 1 is 0.875 bits per heavy atom. The highest BCUT2D eigenvalue weighted by Crippen LogP contribution is 2.56. The Morgan fingerprint density at radius 3 is 2.57 bits per heavy atom. The highest BCUT2D eigenvalue weighted by Gasteiger charge is 2.42. The third-order valence-electron chi connectivity index (χ3n) is 11.9. The van der Waals surface area contributed by atoms with E-state index in [9.17, 15) is 15.3 Å². The Morgan fingerprint density at radius 2 is 1.75 bits per heavy atom. The van der Waals surface area contributed by atoms with Crippen molar-refractivity contribution in [3.63, 3.8) is 0 Å². The number of nitrogens with one attached hydrogen (secondary N) is 1. The number of hydrogen-bond donors (Lipinski definition) is 4. The van der Waals surface area contributed by atoms with Crippen LogP contribution in [0, 0.1) is 0 Å². The number of phenols is 2. The summed E-state index contributed by atoms with van der Waals surface area (Å²) in [6, 6.07) is 26.4. The van der Waals surface area contributed by atoms with Crippen LogP contribution in [-0.4, -0.2) is 61.6 Å². The van der Waals surface area contributed by atoms with Crippen LogP contribution in [0.2, 0.25) is 0 Å². The Labute approximate surface area is 326 Å². The fourth-order valence-electron chi connectivity index (χ4n) is 9.22. The second-order valence-electron chi connectivity index (χ2n) is 15.4. The van der Waals surface area contributed by atoms with Gasteiger partial charge in [-0.05, 0) is 132 Å². The molecule has 5 aromatic carbocycles. The maximum atomic E-state index is 11.3. The average Bonchev–Trinajstić information content (AvgIpc) is 3.70. The van der Waals surface area contributed by atoms with Gasteiger partial charge in [0.15, 0.2) is 17.6 Å². The molecular weight excluding hydrogens is 705 g/mol. The number of methoxy groups -OCH3 is 1. The SMILES string of the molecule is CNCO[C@@H]1Cc2c3c(c4c(c2O[C@@H]1c1cc(CCc2ccccc2)c(O)c(OC)c1)CC[C@@H](CO)O4)-c1ccc(O)cc1[C@H](Cc1ccc2c(c1)=CCN=2)C3. The number of hydrogen-bond acceptors (Lipinski definition) is 9. The van der Waals surface area contributed by atoms with E-state index in [4.69, 9.17) is 18.9 Å². The molecule has 0 bridgehead atoms. The van der Waals surface area contributed by atoms with Crippen molar-refractivity contribution in [1.29, 1.82) is 0 Å². The second kappa shape index (κ2) is 15.3. The molecule has 5 aromatic rings. The fraction of sp³-hybridized carbons (Fsp3) is 0.340. The van der Waals surface area contributed by atoms with Crippen LogP contribution in [0.25, 0.3) is 17.2 Å². The first-order chi connectivity index (χ1) is 27.4. The highest BCUT2D eigenvalue weighted by molar-refractivity contribution is 5.85. The van der Waals surface area contributed by atoms with Gasteiger partial charge in [0.1, 0.15) is 29.5 Å². The van der Waals surface area contributed by atoms with Gasteiger partial charge in [0, 0.05) is 23.1 Å². The second-order valence-corrected chi connectivity index (χ2v) is 15.4. The molecule has 3 aliphatic heterocycles. The first kappa shape index (κ1) is 36.3. The molecule has 0 unspecified atom stereocenters. The Bertz CT molecular complexity index is 2410. The molecule has 4 aliphatic rings. The molecule has 4 atom stereocenters. The minimum absolute atomic E-state index is 0.0725. The Kier molecular flexibility index (Phi) is 9.91. The van der Waals surface area contributed by atoms with E-state index in [-0.39, 0.29) is 36.2 Å². The lowest BCUT2D eigenvalue weighted by Crippen LogP contribution is -2.37. The van der Waals surface area contributed by atoms with Crippen LogP contribution in [0.4, 0.5) is 0 Å². The summed E-state index contributed by atoms with van der Waals surface area (Å²) in [5.41, 5.74) is 10.5. The van der Waals surface area contributed by atoms with E-state index >= 15 is 0 Å². The van der Waals surface area contributed by atoms with E-state index in [1.54, 1.807) is 13.2 Å². The third kappa shape index (κ3) is 6.67. The van der Waals surface area contributed by atoms with Gasteiger partial charge >= 0.3 is 0 Å². The normalized spacial score (nSPS) is 20.2. The summed E-state index contributed by atoms with van der Waals surface area (Å²) in [6.45, 7) is 0.958. The van der Waals surface area contributed by atoms with Crippen LogP contribution in [0.15, 0.2) is 83.9 Å². The van der Waals surface area contributed by atoms with Gasteiger partial charge in [0.2, 0.25) is 0 Å². The molecule has 3 heterocycles. The molecule has 0 radical (unpaired) electrons. The molecule has 9 heteroatoms. The topological polar surface area (TPSA) is 122 Å². The van der Waals surface area contributed by atoms with Crippen LogP contribution >= 0.6 is 0 Å². The maximum Gasteiger partial charge on any atom is 0.161 e. The summed E-state index contributed by atoms with van der Waals surface area (Å²) < 4.78 is 26.3. The molecule has 0 saturated heterocycles. The van der Waals surface area contributed by atoms with Crippen LogP contribution < -0.4 is 30.1 Å². The van der Waals surface area contributed by atoms with Crippen molar-refractivity contribution < 1.29 is 34.3 Å². The smallest absolute Gasteiger partial charge is 0.161 e. The van der Waals surface area contributed by atoms with E-state index in [0.717, 1.165) is 74.2 Å². The lowest BCUT2D eigenvalue weighted by atomic mass is 9.72. The van der Waals surface area contributed by atoms with E-state index < -0.39 is 6.10 Å². The van der Waals surface area contributed by atoms with Gasteiger partial charge in [-0.3, -0.25) is 10.3 Å².